The number of carbonyl (C=O) groups excluding carboxylic acids is 1. The second-order valence-corrected chi connectivity index (χ2v) is 5.54. The zero-order chi connectivity index (χ0) is 16.7. The van der Waals surface area contributed by atoms with Crippen LogP contribution in [0.25, 0.3) is 0 Å². The van der Waals surface area contributed by atoms with E-state index in [0.29, 0.717) is 36.0 Å². The van der Waals surface area contributed by atoms with Gasteiger partial charge in [-0.2, -0.15) is 5.10 Å². The molecule has 2 rings (SSSR count). The van der Waals surface area contributed by atoms with E-state index in [1.807, 2.05) is 6.92 Å². The van der Waals surface area contributed by atoms with Gasteiger partial charge in [0.2, 0.25) is 0 Å². The van der Waals surface area contributed by atoms with Crippen LogP contribution in [-0.2, 0) is 6.54 Å². The van der Waals surface area contributed by atoms with E-state index in [2.05, 4.69) is 15.4 Å². The van der Waals surface area contributed by atoms with Crippen LogP contribution in [0.1, 0.15) is 23.7 Å². The molecule has 0 aliphatic heterocycles. The Morgan fingerprint density at radius 1 is 1.52 bits per heavy atom. The van der Waals surface area contributed by atoms with Crippen LogP contribution in [-0.4, -0.2) is 39.9 Å². The normalized spacial score (nSPS) is 12.0. The van der Waals surface area contributed by atoms with Crippen molar-refractivity contribution >= 4 is 17.5 Å². The van der Waals surface area contributed by atoms with Crippen LogP contribution in [0.4, 0.5) is 0 Å². The van der Waals surface area contributed by atoms with Crippen molar-refractivity contribution < 1.29 is 9.53 Å². The van der Waals surface area contributed by atoms with Gasteiger partial charge in [-0.1, -0.05) is 11.6 Å². The minimum atomic E-state index is -0.201. The number of hydrogen-bond donors (Lipinski definition) is 2. The van der Waals surface area contributed by atoms with E-state index in [1.54, 1.807) is 29.2 Å². The summed E-state index contributed by atoms with van der Waals surface area (Å²) in [4.78, 5) is 16.1. The molecule has 0 unspecified atom stereocenters. The molecule has 1 amide bonds. The molecule has 3 N–H and O–H groups in total. The molecule has 0 aliphatic rings. The van der Waals surface area contributed by atoms with E-state index >= 15 is 0 Å². The number of rotatable bonds is 8. The van der Waals surface area contributed by atoms with Crippen LogP contribution in [0, 0.1) is 0 Å². The number of amides is 1. The first-order chi connectivity index (χ1) is 11.1. The van der Waals surface area contributed by atoms with E-state index in [-0.39, 0.29) is 11.9 Å². The summed E-state index contributed by atoms with van der Waals surface area (Å²) < 4.78 is 7.16. The molecule has 0 bridgehead atoms. The average Bonchev–Trinajstić information content (AvgIpc) is 3.01. The zero-order valence-corrected chi connectivity index (χ0v) is 13.7. The molecule has 0 saturated carbocycles. The lowest BCUT2D eigenvalue weighted by atomic mass is 10.2. The summed E-state index contributed by atoms with van der Waals surface area (Å²) in [7, 11) is 0. The van der Waals surface area contributed by atoms with E-state index in [0.717, 1.165) is 6.42 Å². The lowest BCUT2D eigenvalue weighted by Crippen LogP contribution is -2.35. The van der Waals surface area contributed by atoms with Gasteiger partial charge >= 0.3 is 0 Å². The van der Waals surface area contributed by atoms with Crippen LogP contribution in [0.3, 0.4) is 0 Å². The van der Waals surface area contributed by atoms with Crippen molar-refractivity contribution in [2.75, 3.05) is 13.2 Å². The van der Waals surface area contributed by atoms with E-state index in [4.69, 9.17) is 22.1 Å². The van der Waals surface area contributed by atoms with Gasteiger partial charge in [0.15, 0.2) is 0 Å². The number of aromatic nitrogens is 3. The summed E-state index contributed by atoms with van der Waals surface area (Å²) in [5.41, 5.74) is 5.89. The van der Waals surface area contributed by atoms with Gasteiger partial charge in [0.05, 0.1) is 18.2 Å². The van der Waals surface area contributed by atoms with E-state index in [9.17, 15) is 4.79 Å². The topological polar surface area (TPSA) is 95.1 Å². The Morgan fingerprint density at radius 3 is 3.00 bits per heavy atom. The molecule has 23 heavy (non-hydrogen) atoms. The molecule has 124 valence electrons. The molecule has 0 spiro atoms. The monoisotopic (exact) mass is 337 g/mol. The molecular weight excluding hydrogens is 318 g/mol. The summed E-state index contributed by atoms with van der Waals surface area (Å²) >= 11 is 6.15. The smallest absolute Gasteiger partial charge is 0.251 e. The minimum absolute atomic E-state index is 0.0940. The zero-order valence-electron chi connectivity index (χ0n) is 12.9. The van der Waals surface area contributed by atoms with Gasteiger partial charge in [0.25, 0.3) is 5.91 Å². The third-order valence-electron chi connectivity index (χ3n) is 3.11. The number of halogens is 1. The number of nitrogens with one attached hydrogen (secondary N) is 1. The van der Waals surface area contributed by atoms with Gasteiger partial charge in [-0.3, -0.25) is 9.48 Å². The molecular formula is C15H20ClN5O2. The fraction of sp³-hybridized carbons (Fsp3) is 0.400. The Hall–Kier alpha value is -2.12. The SMILES string of the molecule is C[C@H](Cn1cncn1)NC(=O)c1ccc(OCCCN)c(Cl)c1. The average molecular weight is 338 g/mol. The summed E-state index contributed by atoms with van der Waals surface area (Å²) in [5, 5.41) is 7.30. The van der Waals surface area contributed by atoms with Crippen LogP contribution in [0.5, 0.6) is 5.75 Å². The second kappa shape index (κ2) is 8.50. The molecule has 2 aromatic rings. The van der Waals surface area contributed by atoms with Crippen LogP contribution < -0.4 is 15.8 Å². The second-order valence-electron chi connectivity index (χ2n) is 5.13. The summed E-state index contributed by atoms with van der Waals surface area (Å²) in [6.07, 6.45) is 3.81. The van der Waals surface area contributed by atoms with Gasteiger partial charge < -0.3 is 15.8 Å². The highest BCUT2D eigenvalue weighted by Crippen LogP contribution is 2.25. The predicted octanol–water partition coefficient (Wildman–Crippen LogP) is 1.48. The lowest BCUT2D eigenvalue weighted by Gasteiger charge is -2.14. The Balaban J connectivity index is 1.92. The fourth-order valence-electron chi connectivity index (χ4n) is 1.98. The van der Waals surface area contributed by atoms with Crippen molar-refractivity contribution in [3.05, 3.63) is 41.4 Å². The van der Waals surface area contributed by atoms with Crippen molar-refractivity contribution in [3.8, 4) is 5.75 Å². The highest BCUT2D eigenvalue weighted by atomic mass is 35.5. The first kappa shape index (κ1) is 17.2. The first-order valence-corrected chi connectivity index (χ1v) is 7.73. The van der Waals surface area contributed by atoms with Crippen molar-refractivity contribution in [2.24, 2.45) is 5.73 Å². The fourth-order valence-corrected chi connectivity index (χ4v) is 2.22. The molecule has 0 fully saturated rings. The Labute approximate surface area is 139 Å². The quantitative estimate of drug-likeness (QED) is 0.711. The van der Waals surface area contributed by atoms with Gasteiger partial charge in [-0.05, 0) is 38.1 Å². The summed E-state index contributed by atoms with van der Waals surface area (Å²) in [5.74, 6) is 0.348. The minimum Gasteiger partial charge on any atom is -0.492 e. The standard InChI is InChI=1S/C15H20ClN5O2/c1-11(8-21-10-18-9-19-21)20-15(22)12-3-4-14(13(16)7-12)23-6-2-5-17/h3-4,7,9-11H,2,5-6,8,17H2,1H3,(H,20,22)/t11-/m1/s1. The number of ether oxygens (including phenoxy) is 1. The maximum absolute atomic E-state index is 12.2. The largest absolute Gasteiger partial charge is 0.492 e. The van der Waals surface area contributed by atoms with Crippen molar-refractivity contribution in [1.82, 2.24) is 20.1 Å². The third kappa shape index (κ3) is 5.22. The van der Waals surface area contributed by atoms with E-state index in [1.165, 1.54) is 6.33 Å². The number of carbonyl (C=O) groups is 1. The van der Waals surface area contributed by atoms with Crippen molar-refractivity contribution in [2.45, 2.75) is 25.9 Å². The van der Waals surface area contributed by atoms with Gasteiger partial charge in [-0.15, -0.1) is 0 Å². The van der Waals surface area contributed by atoms with Crippen LogP contribution >= 0.6 is 11.6 Å². The lowest BCUT2D eigenvalue weighted by molar-refractivity contribution is 0.0936. The molecule has 8 heteroatoms. The van der Waals surface area contributed by atoms with Gasteiger partial charge in [0, 0.05) is 11.6 Å². The Morgan fingerprint density at radius 2 is 2.35 bits per heavy atom. The van der Waals surface area contributed by atoms with E-state index < -0.39 is 0 Å². The number of nitrogens with two attached hydrogens (primary N) is 1. The predicted molar refractivity (Wildman–Crippen MR) is 87.6 cm³/mol. The van der Waals surface area contributed by atoms with Crippen molar-refractivity contribution in [1.29, 1.82) is 0 Å². The molecule has 1 atom stereocenters. The van der Waals surface area contributed by atoms with Gasteiger partial charge in [-0.25, -0.2) is 4.98 Å². The molecule has 1 aromatic carbocycles. The molecule has 0 aliphatic carbocycles. The Kier molecular flexibility index (Phi) is 6.37. The first-order valence-electron chi connectivity index (χ1n) is 7.36. The highest BCUT2D eigenvalue weighted by Gasteiger charge is 2.13. The number of benzene rings is 1. The maximum atomic E-state index is 12.2. The summed E-state index contributed by atoms with van der Waals surface area (Å²) in [6.45, 7) is 3.49. The molecule has 1 aromatic heterocycles. The third-order valence-corrected chi connectivity index (χ3v) is 3.40. The Bertz CT molecular complexity index is 633. The molecule has 0 saturated heterocycles. The molecule has 1 heterocycles. The molecule has 0 radical (unpaired) electrons. The highest BCUT2D eigenvalue weighted by molar-refractivity contribution is 6.32. The van der Waals surface area contributed by atoms with Gasteiger partial charge in [0.1, 0.15) is 18.4 Å². The maximum Gasteiger partial charge on any atom is 0.251 e. The summed E-state index contributed by atoms with van der Waals surface area (Å²) in [6, 6.07) is 4.87. The molecule has 7 nitrogen and oxygen atoms in total. The van der Waals surface area contributed by atoms with Crippen molar-refractivity contribution in [3.63, 3.8) is 0 Å². The van der Waals surface area contributed by atoms with Crippen LogP contribution in [0.15, 0.2) is 30.9 Å². The number of hydrogen-bond acceptors (Lipinski definition) is 5. The number of nitrogens with zero attached hydrogens (tertiary/aromatic N) is 3. The van der Waals surface area contributed by atoms with Crippen LogP contribution in [0.2, 0.25) is 5.02 Å².